The number of urea groups is 1. The molecule has 0 spiro atoms. The second-order valence-corrected chi connectivity index (χ2v) is 10.1. The molecule has 9 nitrogen and oxygen atoms in total. The minimum Gasteiger partial charge on any atom is -0.351 e. The van der Waals surface area contributed by atoms with E-state index in [1.165, 1.54) is 6.08 Å². The van der Waals surface area contributed by atoms with Crippen LogP contribution < -0.4 is 15.5 Å². The van der Waals surface area contributed by atoms with Crippen molar-refractivity contribution in [1.82, 2.24) is 15.1 Å². The molecule has 38 heavy (non-hydrogen) atoms. The van der Waals surface area contributed by atoms with Gasteiger partial charge in [0.15, 0.2) is 0 Å². The summed E-state index contributed by atoms with van der Waals surface area (Å²) in [6, 6.07) is 12.0. The lowest BCUT2D eigenvalue weighted by Gasteiger charge is -2.36. The fourth-order valence-electron chi connectivity index (χ4n) is 4.92. The normalized spacial score (nSPS) is 20.2. The monoisotopic (exact) mass is 533 g/mol. The van der Waals surface area contributed by atoms with Crippen LogP contribution in [0, 0.1) is 6.92 Å². The molecule has 0 saturated carbocycles. The molecule has 0 radical (unpaired) electrons. The summed E-state index contributed by atoms with van der Waals surface area (Å²) in [4.78, 5) is 55.7. The van der Waals surface area contributed by atoms with E-state index in [2.05, 4.69) is 17.2 Å². The third kappa shape index (κ3) is 5.02. The molecule has 3 aliphatic rings. The van der Waals surface area contributed by atoms with Gasteiger partial charge in [0.05, 0.1) is 0 Å². The molecule has 5 amide bonds. The minimum atomic E-state index is -0.862. The molecule has 2 fully saturated rings. The van der Waals surface area contributed by atoms with Crippen LogP contribution in [-0.4, -0.2) is 52.7 Å². The fourth-order valence-corrected chi connectivity index (χ4v) is 5.09. The zero-order valence-corrected chi connectivity index (χ0v) is 21.8. The summed E-state index contributed by atoms with van der Waals surface area (Å²) in [5.41, 5.74) is 3.86. The first kappa shape index (κ1) is 25.5. The Morgan fingerprint density at radius 1 is 1.11 bits per heavy atom. The third-order valence-corrected chi connectivity index (χ3v) is 7.35. The number of amides is 5. The zero-order chi connectivity index (χ0) is 27.0. The fraction of sp³-hybridized carbons (Fsp3) is 0.286. The van der Waals surface area contributed by atoms with Crippen molar-refractivity contribution < 1.29 is 19.2 Å². The molecule has 10 heteroatoms. The smallest absolute Gasteiger partial charge is 0.324 e. The average Bonchev–Trinajstić information content (AvgIpc) is 3.15. The Bertz CT molecular complexity index is 1390. The van der Waals surface area contributed by atoms with Gasteiger partial charge in [0, 0.05) is 47.8 Å². The van der Waals surface area contributed by atoms with Crippen molar-refractivity contribution >= 4 is 46.7 Å². The molecule has 2 N–H and O–H groups in total. The van der Waals surface area contributed by atoms with Crippen molar-refractivity contribution in [3.8, 4) is 0 Å². The van der Waals surface area contributed by atoms with Gasteiger partial charge in [0.25, 0.3) is 11.8 Å². The summed E-state index contributed by atoms with van der Waals surface area (Å²) in [7, 11) is 0. The lowest BCUT2D eigenvalue weighted by Crippen LogP contribution is -2.52. The quantitative estimate of drug-likeness (QED) is 0.548. The van der Waals surface area contributed by atoms with Gasteiger partial charge in [0.2, 0.25) is 5.91 Å². The highest BCUT2D eigenvalue weighted by Crippen LogP contribution is 2.28. The zero-order valence-electron chi connectivity index (χ0n) is 21.0. The van der Waals surface area contributed by atoms with Gasteiger partial charge in [-0.25, -0.2) is 4.79 Å². The molecule has 5 rings (SSSR count). The van der Waals surface area contributed by atoms with Gasteiger partial charge in [0.1, 0.15) is 11.7 Å². The Kier molecular flexibility index (Phi) is 6.94. The number of allylic oxidation sites excluding steroid dienone is 1. The number of carbonyl (C=O) groups excluding carboxylic acids is 4. The van der Waals surface area contributed by atoms with Crippen LogP contribution in [0.1, 0.15) is 30.4 Å². The molecule has 3 aliphatic heterocycles. The molecule has 0 aliphatic carbocycles. The Morgan fingerprint density at radius 2 is 1.92 bits per heavy atom. The SMILES string of the molecule is C=C1CCC(N2C(=O)C=C(Nc3cccc(CN4CCCN(c5ccc(C)c(Cl)c5)C4=O)c3)C2=O)C(=O)N1. The molecule has 3 heterocycles. The molecular formula is C28H28ClN5O4. The summed E-state index contributed by atoms with van der Waals surface area (Å²) >= 11 is 6.29. The summed E-state index contributed by atoms with van der Waals surface area (Å²) in [5, 5.41) is 6.25. The molecule has 2 saturated heterocycles. The number of hydrogen-bond donors (Lipinski definition) is 2. The van der Waals surface area contributed by atoms with E-state index in [0.29, 0.717) is 48.9 Å². The van der Waals surface area contributed by atoms with Crippen LogP contribution >= 0.6 is 11.6 Å². The predicted molar refractivity (Wildman–Crippen MR) is 144 cm³/mol. The van der Waals surface area contributed by atoms with Gasteiger partial charge in [-0.3, -0.25) is 24.2 Å². The first-order valence-electron chi connectivity index (χ1n) is 12.5. The maximum atomic E-state index is 13.3. The Labute approximate surface area is 225 Å². The number of benzene rings is 2. The third-order valence-electron chi connectivity index (χ3n) is 6.95. The van der Waals surface area contributed by atoms with E-state index in [-0.39, 0.29) is 11.7 Å². The van der Waals surface area contributed by atoms with Crippen molar-refractivity contribution in [1.29, 1.82) is 0 Å². The topological polar surface area (TPSA) is 102 Å². The number of halogens is 1. The Morgan fingerprint density at radius 3 is 2.68 bits per heavy atom. The summed E-state index contributed by atoms with van der Waals surface area (Å²) in [6.07, 6.45) is 2.87. The van der Waals surface area contributed by atoms with E-state index in [1.807, 2.05) is 43.3 Å². The molecule has 196 valence electrons. The van der Waals surface area contributed by atoms with Crippen molar-refractivity contribution in [3.05, 3.63) is 82.7 Å². The summed E-state index contributed by atoms with van der Waals surface area (Å²) in [6.45, 7) is 7.28. The number of carbonyl (C=O) groups is 4. The number of rotatable bonds is 6. The highest BCUT2D eigenvalue weighted by Gasteiger charge is 2.41. The van der Waals surface area contributed by atoms with E-state index in [1.54, 1.807) is 15.9 Å². The number of anilines is 2. The standard InChI is InChI=1S/C28H28ClN5O4/c1-17-7-9-21(14-22(17)29)33-12-4-11-32(28(33)38)16-19-5-3-6-20(13-19)31-23-15-25(35)34(27(23)37)24-10-8-18(2)30-26(24)36/h3,5-7,9,13-15,24,31H,2,4,8,10-12,16H2,1H3,(H,30,36). The number of aryl methyl sites for hydroxylation is 1. The largest absolute Gasteiger partial charge is 0.351 e. The first-order chi connectivity index (χ1) is 18.2. The van der Waals surface area contributed by atoms with Gasteiger partial charge >= 0.3 is 6.03 Å². The highest BCUT2D eigenvalue weighted by molar-refractivity contribution is 6.31. The van der Waals surface area contributed by atoms with Crippen LogP contribution in [0.3, 0.4) is 0 Å². The van der Waals surface area contributed by atoms with E-state index in [0.717, 1.165) is 28.1 Å². The number of nitrogens with zero attached hydrogens (tertiary/aromatic N) is 3. The van der Waals surface area contributed by atoms with Crippen LogP contribution in [-0.2, 0) is 20.9 Å². The molecule has 0 aromatic heterocycles. The molecule has 0 bridgehead atoms. The van der Waals surface area contributed by atoms with Crippen LogP contribution in [0.2, 0.25) is 5.02 Å². The van der Waals surface area contributed by atoms with Crippen molar-refractivity contribution in [3.63, 3.8) is 0 Å². The molecule has 2 aromatic carbocycles. The van der Waals surface area contributed by atoms with E-state index < -0.39 is 23.8 Å². The average molecular weight is 534 g/mol. The van der Waals surface area contributed by atoms with Crippen molar-refractivity contribution in [2.75, 3.05) is 23.3 Å². The van der Waals surface area contributed by atoms with Crippen LogP contribution in [0.4, 0.5) is 16.2 Å². The highest BCUT2D eigenvalue weighted by atomic mass is 35.5. The summed E-state index contributed by atoms with van der Waals surface area (Å²) in [5.74, 6) is -1.49. The predicted octanol–water partition coefficient (Wildman–Crippen LogP) is 3.94. The second kappa shape index (κ2) is 10.3. The van der Waals surface area contributed by atoms with Gasteiger partial charge in [-0.05, 0) is 61.6 Å². The van der Waals surface area contributed by atoms with Crippen LogP contribution in [0.25, 0.3) is 0 Å². The van der Waals surface area contributed by atoms with Crippen molar-refractivity contribution in [2.24, 2.45) is 0 Å². The van der Waals surface area contributed by atoms with Crippen LogP contribution in [0.5, 0.6) is 0 Å². The van der Waals surface area contributed by atoms with Crippen LogP contribution in [0.15, 0.2) is 66.5 Å². The van der Waals surface area contributed by atoms with Gasteiger partial charge in [-0.2, -0.15) is 0 Å². The van der Waals surface area contributed by atoms with Crippen molar-refractivity contribution in [2.45, 2.75) is 38.8 Å². The molecule has 1 atom stereocenters. The maximum absolute atomic E-state index is 13.3. The maximum Gasteiger partial charge on any atom is 0.324 e. The lowest BCUT2D eigenvalue weighted by atomic mass is 10.0. The number of piperidine rings is 1. The van der Waals surface area contributed by atoms with E-state index in [9.17, 15) is 19.2 Å². The van der Waals surface area contributed by atoms with E-state index >= 15 is 0 Å². The number of nitrogens with one attached hydrogen (secondary N) is 2. The molecule has 2 aromatic rings. The van der Waals surface area contributed by atoms with E-state index in [4.69, 9.17) is 11.6 Å². The first-order valence-corrected chi connectivity index (χ1v) is 12.9. The number of imide groups is 1. The van der Waals surface area contributed by atoms with Gasteiger partial charge < -0.3 is 15.5 Å². The molecule has 1 unspecified atom stereocenters. The Hall–Kier alpha value is -4.11. The van der Waals surface area contributed by atoms with Gasteiger partial charge in [-0.1, -0.05) is 36.4 Å². The number of hydrogen-bond acceptors (Lipinski definition) is 5. The van der Waals surface area contributed by atoms with Gasteiger partial charge in [-0.15, -0.1) is 0 Å². The second-order valence-electron chi connectivity index (χ2n) is 9.69. The summed E-state index contributed by atoms with van der Waals surface area (Å²) < 4.78 is 0. The lowest BCUT2D eigenvalue weighted by molar-refractivity contribution is -0.146. The minimum absolute atomic E-state index is 0.0980. The Balaban J connectivity index is 1.26. The molecular weight excluding hydrogens is 506 g/mol.